The van der Waals surface area contributed by atoms with Crippen molar-refractivity contribution in [1.29, 1.82) is 0 Å². The van der Waals surface area contributed by atoms with Crippen LogP contribution >= 0.6 is 0 Å². The standard InChI is InChI=1S/C42H26N2/c1-2-12-26-23-27(22-21-25(26)11-1)38-30-15-3-5-17-32(30)39(33-18-6-4-16-31(33)38)40-41-34(28-13-7-9-19-36(28)43-41)24-35-29-14-8-10-20-37(29)44-42(35)40/h1-24,43-44H. The quantitative estimate of drug-likeness (QED) is 0.198. The molecule has 2 heteroatoms. The lowest BCUT2D eigenvalue weighted by Crippen LogP contribution is -1.92. The molecular formula is C42H26N2. The number of hydrogen-bond donors (Lipinski definition) is 2. The zero-order valence-corrected chi connectivity index (χ0v) is 23.9. The average molecular weight is 559 g/mol. The van der Waals surface area contributed by atoms with E-state index in [0.29, 0.717) is 0 Å². The van der Waals surface area contributed by atoms with E-state index in [1.807, 2.05) is 0 Å². The number of H-pyrrole nitrogens is 2. The first-order valence-electron chi connectivity index (χ1n) is 15.2. The lowest BCUT2D eigenvalue weighted by molar-refractivity contribution is 1.52. The molecule has 0 bridgehead atoms. The van der Waals surface area contributed by atoms with E-state index in [1.165, 1.54) is 87.1 Å². The summed E-state index contributed by atoms with van der Waals surface area (Å²) in [5.74, 6) is 0. The van der Waals surface area contributed by atoms with Gasteiger partial charge in [0.1, 0.15) is 0 Å². The largest absolute Gasteiger partial charge is 0.354 e. The van der Waals surface area contributed by atoms with Gasteiger partial charge in [-0.05, 0) is 67.7 Å². The van der Waals surface area contributed by atoms with Gasteiger partial charge < -0.3 is 9.97 Å². The van der Waals surface area contributed by atoms with Crippen LogP contribution in [-0.4, -0.2) is 9.97 Å². The third-order valence-electron chi connectivity index (χ3n) is 9.50. The monoisotopic (exact) mass is 558 g/mol. The van der Waals surface area contributed by atoms with Crippen LogP contribution in [0.3, 0.4) is 0 Å². The Balaban J connectivity index is 1.43. The molecule has 2 nitrogen and oxygen atoms in total. The van der Waals surface area contributed by atoms with Crippen LogP contribution in [0.25, 0.3) is 98.2 Å². The van der Waals surface area contributed by atoms with Crippen molar-refractivity contribution in [1.82, 2.24) is 9.97 Å². The van der Waals surface area contributed by atoms with Gasteiger partial charge >= 0.3 is 0 Å². The maximum atomic E-state index is 3.86. The van der Waals surface area contributed by atoms with Gasteiger partial charge in [0.25, 0.3) is 0 Å². The molecule has 2 aromatic heterocycles. The second-order valence-electron chi connectivity index (χ2n) is 11.8. The van der Waals surface area contributed by atoms with E-state index in [2.05, 4.69) is 156 Å². The molecule has 204 valence electrons. The molecular weight excluding hydrogens is 532 g/mol. The number of benzene rings is 8. The summed E-state index contributed by atoms with van der Waals surface area (Å²) in [6.07, 6.45) is 0. The molecule has 44 heavy (non-hydrogen) atoms. The maximum absolute atomic E-state index is 3.86. The van der Waals surface area contributed by atoms with Crippen molar-refractivity contribution in [2.75, 3.05) is 0 Å². The van der Waals surface area contributed by atoms with Gasteiger partial charge in [0.15, 0.2) is 0 Å². The number of aromatic nitrogens is 2. The van der Waals surface area contributed by atoms with Gasteiger partial charge in [0, 0.05) is 43.7 Å². The van der Waals surface area contributed by atoms with Crippen molar-refractivity contribution in [2.24, 2.45) is 0 Å². The highest BCUT2D eigenvalue weighted by molar-refractivity contribution is 6.31. The van der Waals surface area contributed by atoms with E-state index in [9.17, 15) is 0 Å². The van der Waals surface area contributed by atoms with Crippen LogP contribution in [0.1, 0.15) is 0 Å². The Hall–Kier alpha value is -5.86. The van der Waals surface area contributed by atoms with Gasteiger partial charge in [0.2, 0.25) is 0 Å². The van der Waals surface area contributed by atoms with Crippen molar-refractivity contribution in [3.05, 3.63) is 146 Å². The highest BCUT2D eigenvalue weighted by Gasteiger charge is 2.23. The topological polar surface area (TPSA) is 31.6 Å². The second kappa shape index (κ2) is 8.82. The zero-order chi connectivity index (χ0) is 28.8. The molecule has 0 radical (unpaired) electrons. The SMILES string of the molecule is c1ccc2cc(-c3c4ccccc4c(-c4c5[nH]c6ccccc6c5cc5c4[nH]c4ccccc45)c4ccccc34)ccc2c1. The Labute approximate surface area is 253 Å². The predicted molar refractivity (Wildman–Crippen MR) is 189 cm³/mol. The average Bonchev–Trinajstić information content (AvgIpc) is 3.64. The fourth-order valence-corrected chi connectivity index (χ4v) is 7.59. The van der Waals surface area contributed by atoms with E-state index in [-0.39, 0.29) is 0 Å². The number of aromatic amines is 2. The summed E-state index contributed by atoms with van der Waals surface area (Å²) in [4.78, 5) is 7.71. The predicted octanol–water partition coefficient (Wildman–Crippen LogP) is 11.7. The molecule has 2 N–H and O–H groups in total. The number of hydrogen-bond acceptors (Lipinski definition) is 0. The highest BCUT2D eigenvalue weighted by Crippen LogP contribution is 2.49. The van der Waals surface area contributed by atoms with Crippen LogP contribution in [0.4, 0.5) is 0 Å². The first-order valence-corrected chi connectivity index (χ1v) is 15.2. The van der Waals surface area contributed by atoms with E-state index in [0.717, 1.165) is 11.0 Å². The second-order valence-corrected chi connectivity index (χ2v) is 11.8. The zero-order valence-electron chi connectivity index (χ0n) is 23.9. The van der Waals surface area contributed by atoms with E-state index >= 15 is 0 Å². The molecule has 10 rings (SSSR count). The van der Waals surface area contributed by atoms with Crippen LogP contribution < -0.4 is 0 Å². The molecule has 0 aliphatic heterocycles. The Bertz CT molecular complexity index is 2630. The molecule has 0 aliphatic carbocycles. The Morgan fingerprint density at radius 2 is 0.750 bits per heavy atom. The minimum Gasteiger partial charge on any atom is -0.354 e. The van der Waals surface area contributed by atoms with Crippen LogP contribution in [0.2, 0.25) is 0 Å². The molecule has 0 saturated heterocycles. The van der Waals surface area contributed by atoms with Crippen LogP contribution in [0.15, 0.2) is 146 Å². The van der Waals surface area contributed by atoms with Gasteiger partial charge in [-0.3, -0.25) is 0 Å². The Morgan fingerprint density at radius 1 is 0.295 bits per heavy atom. The summed E-state index contributed by atoms with van der Waals surface area (Å²) >= 11 is 0. The molecule has 2 heterocycles. The molecule has 0 atom stereocenters. The van der Waals surface area contributed by atoms with Gasteiger partial charge in [0.05, 0.1) is 11.0 Å². The normalized spacial score (nSPS) is 12.1. The third kappa shape index (κ3) is 3.20. The fourth-order valence-electron chi connectivity index (χ4n) is 7.59. The number of nitrogens with one attached hydrogen (secondary N) is 2. The molecule has 0 unspecified atom stereocenters. The summed E-state index contributed by atoms with van der Waals surface area (Å²) in [7, 11) is 0. The highest BCUT2D eigenvalue weighted by atomic mass is 14.7. The summed E-state index contributed by atoms with van der Waals surface area (Å²) < 4.78 is 0. The minimum absolute atomic E-state index is 1.15. The number of para-hydroxylation sites is 2. The van der Waals surface area contributed by atoms with Crippen LogP contribution in [-0.2, 0) is 0 Å². The van der Waals surface area contributed by atoms with Crippen molar-refractivity contribution in [3.8, 4) is 22.3 Å². The molecule has 0 fully saturated rings. The van der Waals surface area contributed by atoms with Gasteiger partial charge in [-0.2, -0.15) is 0 Å². The first kappa shape index (κ1) is 23.7. The van der Waals surface area contributed by atoms with Crippen molar-refractivity contribution >= 4 is 75.9 Å². The van der Waals surface area contributed by atoms with Crippen LogP contribution in [0, 0.1) is 0 Å². The van der Waals surface area contributed by atoms with Gasteiger partial charge in [-0.15, -0.1) is 0 Å². The first-order chi connectivity index (χ1) is 21.8. The lowest BCUT2D eigenvalue weighted by atomic mass is 9.84. The van der Waals surface area contributed by atoms with Crippen molar-refractivity contribution < 1.29 is 0 Å². The minimum atomic E-state index is 1.15. The molecule has 8 aromatic carbocycles. The Morgan fingerprint density at radius 3 is 1.32 bits per heavy atom. The van der Waals surface area contributed by atoms with Gasteiger partial charge in [-0.25, -0.2) is 0 Å². The Kier molecular flexibility index (Phi) is 4.75. The number of rotatable bonds is 2. The van der Waals surface area contributed by atoms with E-state index in [1.54, 1.807) is 0 Å². The molecule has 0 amide bonds. The van der Waals surface area contributed by atoms with Gasteiger partial charge in [-0.1, -0.05) is 121 Å². The van der Waals surface area contributed by atoms with Crippen LogP contribution in [0.5, 0.6) is 0 Å². The summed E-state index contributed by atoms with van der Waals surface area (Å²) in [5, 5.41) is 12.5. The third-order valence-corrected chi connectivity index (χ3v) is 9.50. The van der Waals surface area contributed by atoms with Crippen molar-refractivity contribution in [3.63, 3.8) is 0 Å². The van der Waals surface area contributed by atoms with E-state index < -0.39 is 0 Å². The number of fused-ring (bicyclic) bond motifs is 9. The molecule has 0 aliphatic rings. The summed E-state index contributed by atoms with van der Waals surface area (Å²) in [6, 6.07) is 53.1. The van der Waals surface area contributed by atoms with E-state index in [4.69, 9.17) is 0 Å². The molecule has 10 aromatic rings. The lowest BCUT2D eigenvalue weighted by Gasteiger charge is -2.19. The summed E-state index contributed by atoms with van der Waals surface area (Å²) in [6.45, 7) is 0. The molecule has 0 spiro atoms. The fraction of sp³-hybridized carbons (Fsp3) is 0. The van der Waals surface area contributed by atoms with Crippen molar-refractivity contribution in [2.45, 2.75) is 0 Å². The maximum Gasteiger partial charge on any atom is 0.0566 e. The molecule has 0 saturated carbocycles. The smallest absolute Gasteiger partial charge is 0.0566 e. The summed E-state index contributed by atoms with van der Waals surface area (Å²) in [5.41, 5.74) is 9.64.